The highest BCUT2D eigenvalue weighted by molar-refractivity contribution is 5.44. The van der Waals surface area contributed by atoms with E-state index in [0.717, 1.165) is 11.1 Å². The molecule has 4 nitrogen and oxygen atoms in total. The normalized spacial score (nSPS) is 12.1. The first-order valence-corrected chi connectivity index (χ1v) is 6.12. The molecule has 0 fully saturated rings. The minimum atomic E-state index is -0.347. The third kappa shape index (κ3) is 3.17. The molecule has 19 heavy (non-hydrogen) atoms. The number of aryl methyl sites for hydroxylation is 1. The van der Waals surface area contributed by atoms with Crippen LogP contribution in [-0.4, -0.2) is 4.92 Å². The van der Waals surface area contributed by atoms with Gasteiger partial charge in [0.2, 0.25) is 0 Å². The summed E-state index contributed by atoms with van der Waals surface area (Å²) in [6.45, 7) is 1.84. The molecule has 0 spiro atoms. The van der Waals surface area contributed by atoms with Crippen molar-refractivity contribution in [2.45, 2.75) is 19.4 Å². The molecule has 0 radical (unpaired) electrons. The Morgan fingerprint density at radius 1 is 1.21 bits per heavy atom. The fourth-order valence-electron chi connectivity index (χ4n) is 2.07. The Balaban J connectivity index is 2.26. The quantitative estimate of drug-likeness (QED) is 0.674. The Kier molecular flexibility index (Phi) is 3.92. The average molecular weight is 256 g/mol. The molecule has 2 aromatic carbocycles. The van der Waals surface area contributed by atoms with Crippen molar-refractivity contribution in [3.63, 3.8) is 0 Å². The van der Waals surface area contributed by atoms with Crippen LogP contribution in [0, 0.1) is 17.0 Å². The second-order valence-corrected chi connectivity index (χ2v) is 4.61. The minimum absolute atomic E-state index is 0.145. The summed E-state index contributed by atoms with van der Waals surface area (Å²) in [4.78, 5) is 10.7. The van der Waals surface area contributed by atoms with E-state index in [1.807, 2.05) is 43.3 Å². The van der Waals surface area contributed by atoms with E-state index in [2.05, 4.69) is 0 Å². The molecule has 0 bridgehead atoms. The van der Waals surface area contributed by atoms with Gasteiger partial charge in [-0.15, -0.1) is 0 Å². The molecule has 98 valence electrons. The van der Waals surface area contributed by atoms with Crippen LogP contribution < -0.4 is 5.73 Å². The van der Waals surface area contributed by atoms with Crippen molar-refractivity contribution in [2.24, 2.45) is 5.73 Å². The van der Waals surface area contributed by atoms with Crippen LogP contribution >= 0.6 is 0 Å². The summed E-state index contributed by atoms with van der Waals surface area (Å²) in [5, 5.41) is 11.1. The van der Waals surface area contributed by atoms with E-state index in [0.29, 0.717) is 12.0 Å². The molecule has 0 saturated heterocycles. The van der Waals surface area contributed by atoms with Crippen molar-refractivity contribution in [3.8, 4) is 0 Å². The predicted molar refractivity (Wildman–Crippen MR) is 74.9 cm³/mol. The van der Waals surface area contributed by atoms with Crippen LogP contribution in [0.5, 0.6) is 0 Å². The van der Waals surface area contributed by atoms with Gasteiger partial charge in [0.25, 0.3) is 5.69 Å². The van der Waals surface area contributed by atoms with Crippen molar-refractivity contribution >= 4 is 5.69 Å². The molecule has 1 atom stereocenters. The van der Waals surface area contributed by atoms with Gasteiger partial charge in [-0.1, -0.05) is 42.5 Å². The van der Waals surface area contributed by atoms with Gasteiger partial charge in [0.1, 0.15) is 0 Å². The molecule has 0 saturated carbocycles. The van der Waals surface area contributed by atoms with Crippen LogP contribution in [0.2, 0.25) is 0 Å². The third-order valence-electron chi connectivity index (χ3n) is 3.11. The topological polar surface area (TPSA) is 69.2 Å². The zero-order valence-electron chi connectivity index (χ0n) is 10.7. The standard InChI is InChI=1S/C15H16N2O2/c1-11-7-8-13(15(9-11)17(18)19)10-14(16)12-5-3-2-4-6-12/h2-9,14H,10,16H2,1H3. The highest BCUT2D eigenvalue weighted by Gasteiger charge is 2.16. The van der Waals surface area contributed by atoms with E-state index >= 15 is 0 Å². The van der Waals surface area contributed by atoms with Crippen molar-refractivity contribution in [3.05, 3.63) is 75.3 Å². The van der Waals surface area contributed by atoms with Crippen molar-refractivity contribution < 1.29 is 4.92 Å². The van der Waals surface area contributed by atoms with Gasteiger partial charge in [0.15, 0.2) is 0 Å². The van der Waals surface area contributed by atoms with Crippen LogP contribution in [0.1, 0.15) is 22.7 Å². The Morgan fingerprint density at radius 2 is 1.89 bits per heavy atom. The van der Waals surface area contributed by atoms with Gasteiger partial charge in [0.05, 0.1) is 4.92 Å². The predicted octanol–water partition coefficient (Wildman–Crippen LogP) is 3.15. The molecule has 2 N–H and O–H groups in total. The lowest BCUT2D eigenvalue weighted by molar-refractivity contribution is -0.385. The first-order valence-electron chi connectivity index (χ1n) is 6.12. The second kappa shape index (κ2) is 5.63. The first kappa shape index (κ1) is 13.2. The molecule has 0 aliphatic carbocycles. The van der Waals surface area contributed by atoms with Gasteiger partial charge in [0, 0.05) is 17.7 Å². The Hall–Kier alpha value is -2.20. The van der Waals surface area contributed by atoms with Crippen molar-refractivity contribution in [2.75, 3.05) is 0 Å². The number of nitrogens with two attached hydrogens (primary N) is 1. The molecule has 4 heteroatoms. The lowest BCUT2D eigenvalue weighted by Crippen LogP contribution is -2.14. The van der Waals surface area contributed by atoms with Gasteiger partial charge in [-0.3, -0.25) is 10.1 Å². The van der Waals surface area contributed by atoms with Gasteiger partial charge in [-0.25, -0.2) is 0 Å². The average Bonchev–Trinajstić information content (AvgIpc) is 2.41. The minimum Gasteiger partial charge on any atom is -0.324 e. The molecule has 0 aliphatic rings. The summed E-state index contributed by atoms with van der Waals surface area (Å²) in [5.74, 6) is 0. The van der Waals surface area contributed by atoms with E-state index in [4.69, 9.17) is 5.73 Å². The number of hydrogen-bond acceptors (Lipinski definition) is 3. The summed E-state index contributed by atoms with van der Waals surface area (Å²) < 4.78 is 0. The number of rotatable bonds is 4. The van der Waals surface area contributed by atoms with Gasteiger partial charge in [-0.2, -0.15) is 0 Å². The van der Waals surface area contributed by atoms with Crippen LogP contribution in [0.3, 0.4) is 0 Å². The largest absolute Gasteiger partial charge is 0.324 e. The molecule has 2 rings (SSSR count). The Bertz CT molecular complexity index is 582. The van der Waals surface area contributed by atoms with E-state index in [1.54, 1.807) is 12.1 Å². The first-order chi connectivity index (χ1) is 9.08. The Morgan fingerprint density at radius 3 is 2.53 bits per heavy atom. The lowest BCUT2D eigenvalue weighted by atomic mass is 9.98. The maximum Gasteiger partial charge on any atom is 0.272 e. The van der Waals surface area contributed by atoms with Crippen LogP contribution in [0.25, 0.3) is 0 Å². The molecule has 1 unspecified atom stereocenters. The molecular formula is C15H16N2O2. The second-order valence-electron chi connectivity index (χ2n) is 4.61. The van der Waals surface area contributed by atoms with E-state index in [1.165, 1.54) is 0 Å². The van der Waals surface area contributed by atoms with Gasteiger partial charge >= 0.3 is 0 Å². The summed E-state index contributed by atoms with van der Waals surface area (Å²) in [7, 11) is 0. The van der Waals surface area contributed by atoms with Gasteiger partial charge < -0.3 is 5.73 Å². The molecule has 0 aromatic heterocycles. The number of nitrogens with zero attached hydrogens (tertiary/aromatic N) is 1. The molecule has 0 amide bonds. The lowest BCUT2D eigenvalue weighted by Gasteiger charge is -2.12. The van der Waals surface area contributed by atoms with Crippen LogP contribution in [0.4, 0.5) is 5.69 Å². The maximum atomic E-state index is 11.1. The smallest absolute Gasteiger partial charge is 0.272 e. The number of nitro benzene ring substituents is 1. The summed E-state index contributed by atoms with van der Waals surface area (Å²) in [5.41, 5.74) is 8.79. The number of hydrogen-bond donors (Lipinski definition) is 1. The summed E-state index contributed by atoms with van der Waals surface area (Å²) in [6.07, 6.45) is 0.459. The molecular weight excluding hydrogens is 240 g/mol. The zero-order chi connectivity index (χ0) is 13.8. The highest BCUT2D eigenvalue weighted by Crippen LogP contribution is 2.24. The third-order valence-corrected chi connectivity index (χ3v) is 3.11. The van der Waals surface area contributed by atoms with Crippen LogP contribution in [0.15, 0.2) is 48.5 Å². The van der Waals surface area contributed by atoms with Crippen molar-refractivity contribution in [1.82, 2.24) is 0 Å². The van der Waals surface area contributed by atoms with Crippen LogP contribution in [-0.2, 0) is 6.42 Å². The fourth-order valence-corrected chi connectivity index (χ4v) is 2.07. The van der Waals surface area contributed by atoms with E-state index in [-0.39, 0.29) is 16.7 Å². The zero-order valence-corrected chi connectivity index (χ0v) is 10.7. The SMILES string of the molecule is Cc1ccc(CC(N)c2ccccc2)c([N+](=O)[O-])c1. The number of benzene rings is 2. The molecule has 2 aromatic rings. The fraction of sp³-hybridized carbons (Fsp3) is 0.200. The summed E-state index contributed by atoms with van der Waals surface area (Å²) in [6, 6.07) is 14.6. The maximum absolute atomic E-state index is 11.1. The summed E-state index contributed by atoms with van der Waals surface area (Å²) >= 11 is 0. The van der Waals surface area contributed by atoms with Crippen molar-refractivity contribution in [1.29, 1.82) is 0 Å². The van der Waals surface area contributed by atoms with E-state index < -0.39 is 0 Å². The molecule has 0 aliphatic heterocycles. The monoisotopic (exact) mass is 256 g/mol. The Labute approximate surface area is 112 Å². The number of nitro groups is 1. The highest BCUT2D eigenvalue weighted by atomic mass is 16.6. The van der Waals surface area contributed by atoms with Gasteiger partial charge in [-0.05, 0) is 24.5 Å². The molecule has 0 heterocycles. The van der Waals surface area contributed by atoms with E-state index in [9.17, 15) is 10.1 Å².